The van der Waals surface area contributed by atoms with Crippen LogP contribution < -0.4 is 0 Å². The van der Waals surface area contributed by atoms with Crippen LogP contribution in [0.1, 0.15) is 19.3 Å². The molecule has 2 nitrogen and oxygen atoms in total. The molecule has 0 aromatic heterocycles. The van der Waals surface area contributed by atoms with E-state index in [1.54, 1.807) is 0 Å². The molecule has 66 valence electrons. The summed E-state index contributed by atoms with van der Waals surface area (Å²) >= 11 is 3.39. The van der Waals surface area contributed by atoms with E-state index in [0.29, 0.717) is 6.10 Å². The van der Waals surface area contributed by atoms with Gasteiger partial charge in [0.25, 0.3) is 0 Å². The third kappa shape index (κ3) is 5.65. The number of rotatable bonds is 7. The zero-order chi connectivity index (χ0) is 7.94. The van der Waals surface area contributed by atoms with Crippen molar-refractivity contribution in [1.29, 1.82) is 0 Å². The highest BCUT2D eigenvalue weighted by molar-refractivity contribution is 9.09. The van der Waals surface area contributed by atoms with E-state index < -0.39 is 0 Å². The molecule has 0 amide bonds. The van der Waals surface area contributed by atoms with Crippen molar-refractivity contribution >= 4 is 15.9 Å². The summed E-state index contributed by atoms with van der Waals surface area (Å²) in [6.07, 6.45) is 4.12. The fourth-order valence-electron chi connectivity index (χ4n) is 0.854. The highest BCUT2D eigenvalue weighted by Crippen LogP contribution is 2.08. The molecule has 0 N–H and O–H groups in total. The number of hydrogen-bond acceptors (Lipinski definition) is 2. The summed E-state index contributed by atoms with van der Waals surface area (Å²) in [6.45, 7) is 2.60. The second kappa shape index (κ2) is 5.98. The highest BCUT2D eigenvalue weighted by atomic mass is 79.9. The lowest BCUT2D eigenvalue weighted by Gasteiger charge is -2.00. The Labute approximate surface area is 76.4 Å². The lowest BCUT2D eigenvalue weighted by Crippen LogP contribution is -2.02. The van der Waals surface area contributed by atoms with Gasteiger partial charge in [-0.2, -0.15) is 0 Å². The van der Waals surface area contributed by atoms with Crippen LogP contribution in [0.2, 0.25) is 0 Å². The summed E-state index contributed by atoms with van der Waals surface area (Å²) in [5.41, 5.74) is 0. The van der Waals surface area contributed by atoms with Gasteiger partial charge in [0.05, 0.1) is 13.2 Å². The molecular weight excluding hydrogens is 208 g/mol. The molecule has 11 heavy (non-hydrogen) atoms. The number of epoxide rings is 1. The molecule has 0 aromatic carbocycles. The quantitative estimate of drug-likeness (QED) is 0.374. The van der Waals surface area contributed by atoms with E-state index in [1.807, 2.05) is 0 Å². The lowest BCUT2D eigenvalue weighted by atomic mass is 10.3. The Hall–Kier alpha value is 0.400. The second-order valence-corrected chi connectivity index (χ2v) is 3.57. The van der Waals surface area contributed by atoms with Crippen LogP contribution in [0.5, 0.6) is 0 Å². The van der Waals surface area contributed by atoms with Gasteiger partial charge in [-0.25, -0.2) is 0 Å². The first kappa shape index (κ1) is 9.49. The molecule has 0 aliphatic carbocycles. The minimum absolute atomic E-state index is 0.422. The Morgan fingerprint density at radius 1 is 1.36 bits per heavy atom. The van der Waals surface area contributed by atoms with E-state index in [4.69, 9.17) is 9.47 Å². The van der Waals surface area contributed by atoms with Crippen molar-refractivity contribution in [2.45, 2.75) is 25.4 Å². The SMILES string of the molecule is BrCCCCCOCC1CO1. The van der Waals surface area contributed by atoms with Crippen molar-refractivity contribution in [3.63, 3.8) is 0 Å². The first-order valence-corrected chi connectivity index (χ1v) is 5.31. The van der Waals surface area contributed by atoms with Crippen LogP contribution in [0.25, 0.3) is 0 Å². The summed E-state index contributed by atoms with van der Waals surface area (Å²) in [6, 6.07) is 0. The van der Waals surface area contributed by atoms with Crippen LogP contribution in [0.3, 0.4) is 0 Å². The molecule has 1 saturated heterocycles. The van der Waals surface area contributed by atoms with Gasteiger partial charge in [0.2, 0.25) is 0 Å². The van der Waals surface area contributed by atoms with Gasteiger partial charge in [0, 0.05) is 11.9 Å². The molecule has 0 saturated carbocycles. The van der Waals surface area contributed by atoms with Crippen LogP contribution in [0.4, 0.5) is 0 Å². The summed E-state index contributed by atoms with van der Waals surface area (Å²) in [5, 5.41) is 1.11. The van der Waals surface area contributed by atoms with Gasteiger partial charge in [0.15, 0.2) is 0 Å². The van der Waals surface area contributed by atoms with E-state index in [2.05, 4.69) is 15.9 Å². The molecule has 1 unspecified atom stereocenters. The standard InChI is InChI=1S/C8H15BrO2/c9-4-2-1-3-5-10-6-8-7-11-8/h8H,1-7H2. The zero-order valence-corrected chi connectivity index (χ0v) is 8.31. The van der Waals surface area contributed by atoms with E-state index >= 15 is 0 Å². The van der Waals surface area contributed by atoms with Crippen molar-refractivity contribution < 1.29 is 9.47 Å². The average Bonchev–Trinajstić information content (AvgIpc) is 2.80. The highest BCUT2D eigenvalue weighted by Gasteiger charge is 2.21. The molecule has 1 heterocycles. The maximum atomic E-state index is 5.36. The Morgan fingerprint density at radius 2 is 2.18 bits per heavy atom. The van der Waals surface area contributed by atoms with Gasteiger partial charge in [-0.15, -0.1) is 0 Å². The first-order valence-electron chi connectivity index (χ1n) is 4.19. The van der Waals surface area contributed by atoms with E-state index in [1.165, 1.54) is 19.3 Å². The summed E-state index contributed by atoms with van der Waals surface area (Å²) < 4.78 is 10.4. The van der Waals surface area contributed by atoms with Crippen LogP contribution >= 0.6 is 15.9 Å². The Kier molecular flexibility index (Phi) is 5.15. The smallest absolute Gasteiger partial charge is 0.104 e. The van der Waals surface area contributed by atoms with E-state index in [9.17, 15) is 0 Å². The van der Waals surface area contributed by atoms with E-state index in [0.717, 1.165) is 25.2 Å². The lowest BCUT2D eigenvalue weighted by molar-refractivity contribution is 0.113. The monoisotopic (exact) mass is 222 g/mol. The third-order valence-electron chi connectivity index (χ3n) is 1.63. The molecule has 3 heteroatoms. The normalized spacial score (nSPS) is 22.1. The van der Waals surface area contributed by atoms with Gasteiger partial charge >= 0.3 is 0 Å². The van der Waals surface area contributed by atoms with Crippen molar-refractivity contribution in [3.05, 3.63) is 0 Å². The van der Waals surface area contributed by atoms with E-state index in [-0.39, 0.29) is 0 Å². The fourth-order valence-corrected chi connectivity index (χ4v) is 1.25. The number of hydrogen-bond donors (Lipinski definition) is 0. The van der Waals surface area contributed by atoms with Gasteiger partial charge in [-0.05, 0) is 12.8 Å². The Balaban J connectivity index is 1.66. The molecular formula is C8H15BrO2. The van der Waals surface area contributed by atoms with Crippen LogP contribution in [-0.2, 0) is 9.47 Å². The molecule has 1 aliphatic heterocycles. The van der Waals surface area contributed by atoms with Gasteiger partial charge < -0.3 is 9.47 Å². The predicted octanol–water partition coefficient (Wildman–Crippen LogP) is 1.97. The molecule has 0 bridgehead atoms. The minimum atomic E-state index is 0.422. The topological polar surface area (TPSA) is 21.8 Å². The zero-order valence-electron chi connectivity index (χ0n) is 6.72. The molecule has 1 atom stereocenters. The van der Waals surface area contributed by atoms with Gasteiger partial charge in [0.1, 0.15) is 6.10 Å². The Morgan fingerprint density at radius 3 is 2.82 bits per heavy atom. The van der Waals surface area contributed by atoms with Crippen molar-refractivity contribution in [2.24, 2.45) is 0 Å². The molecule has 0 spiro atoms. The fraction of sp³-hybridized carbons (Fsp3) is 1.00. The van der Waals surface area contributed by atoms with Crippen LogP contribution in [-0.4, -0.2) is 31.3 Å². The molecule has 0 aromatic rings. The van der Waals surface area contributed by atoms with Crippen molar-refractivity contribution in [3.8, 4) is 0 Å². The van der Waals surface area contributed by atoms with Gasteiger partial charge in [-0.1, -0.05) is 22.4 Å². The summed E-state index contributed by atoms with van der Waals surface area (Å²) in [5.74, 6) is 0. The first-order chi connectivity index (χ1) is 5.43. The summed E-state index contributed by atoms with van der Waals surface area (Å²) in [4.78, 5) is 0. The maximum Gasteiger partial charge on any atom is 0.104 e. The number of alkyl halides is 1. The van der Waals surface area contributed by atoms with Gasteiger partial charge in [-0.3, -0.25) is 0 Å². The number of ether oxygens (including phenoxy) is 2. The molecule has 1 rings (SSSR count). The Bertz CT molecular complexity index is 94.1. The number of unbranched alkanes of at least 4 members (excludes halogenated alkanes) is 2. The van der Waals surface area contributed by atoms with Crippen molar-refractivity contribution in [1.82, 2.24) is 0 Å². The second-order valence-electron chi connectivity index (χ2n) is 2.78. The summed E-state index contributed by atoms with van der Waals surface area (Å²) in [7, 11) is 0. The van der Waals surface area contributed by atoms with Crippen LogP contribution in [0, 0.1) is 0 Å². The molecule has 0 radical (unpaired) electrons. The number of halogens is 1. The third-order valence-corrected chi connectivity index (χ3v) is 2.19. The minimum Gasteiger partial charge on any atom is -0.379 e. The predicted molar refractivity (Wildman–Crippen MR) is 48.2 cm³/mol. The average molecular weight is 223 g/mol. The molecule has 1 aliphatic rings. The van der Waals surface area contributed by atoms with Crippen molar-refractivity contribution in [2.75, 3.05) is 25.2 Å². The largest absolute Gasteiger partial charge is 0.379 e. The maximum absolute atomic E-state index is 5.36. The molecule has 1 fully saturated rings. The van der Waals surface area contributed by atoms with Crippen LogP contribution in [0.15, 0.2) is 0 Å².